The molecule has 2 aliphatic heterocycles. The number of carbonyl (C=O) groups excluding carboxylic acids is 1. The maximum atomic E-state index is 12.6. The molecule has 1 amide bonds. The molecule has 4 nitrogen and oxygen atoms in total. The molecule has 2 aliphatic rings. The number of hydrogen-bond donors (Lipinski definition) is 0. The fraction of sp³-hybridized carbons (Fsp3) is 0.588. The van der Waals surface area contributed by atoms with E-state index in [0.717, 1.165) is 51.0 Å². The quantitative estimate of drug-likeness (QED) is 0.854. The Kier molecular flexibility index (Phi) is 4.44. The van der Waals surface area contributed by atoms with Crippen molar-refractivity contribution in [1.82, 2.24) is 4.90 Å². The monoisotopic (exact) mass is 289 g/mol. The fourth-order valence-electron chi connectivity index (χ4n) is 3.42. The summed E-state index contributed by atoms with van der Waals surface area (Å²) in [7, 11) is 1.70. The molecule has 1 aromatic rings. The van der Waals surface area contributed by atoms with Crippen LogP contribution < -0.4 is 4.74 Å². The van der Waals surface area contributed by atoms with Crippen LogP contribution in [-0.4, -0.2) is 43.2 Å². The summed E-state index contributed by atoms with van der Waals surface area (Å²) < 4.78 is 11.0. The molecular weight excluding hydrogens is 266 g/mol. The van der Waals surface area contributed by atoms with Crippen molar-refractivity contribution in [2.45, 2.75) is 44.2 Å². The van der Waals surface area contributed by atoms with Crippen molar-refractivity contribution in [2.24, 2.45) is 0 Å². The summed E-state index contributed by atoms with van der Waals surface area (Å²) in [5.74, 6) is 1.10. The van der Waals surface area contributed by atoms with Crippen molar-refractivity contribution in [1.29, 1.82) is 0 Å². The van der Waals surface area contributed by atoms with Gasteiger partial charge in [-0.2, -0.15) is 0 Å². The van der Waals surface area contributed by atoms with Crippen LogP contribution in [0.2, 0.25) is 0 Å². The average molecular weight is 289 g/mol. The molecule has 2 fully saturated rings. The van der Waals surface area contributed by atoms with Crippen LogP contribution in [0.4, 0.5) is 0 Å². The molecule has 2 atom stereocenters. The van der Waals surface area contributed by atoms with Gasteiger partial charge in [0.1, 0.15) is 11.9 Å². The first kappa shape index (κ1) is 14.4. The molecular formula is C17H23NO3. The molecule has 21 heavy (non-hydrogen) atoms. The highest BCUT2D eigenvalue weighted by Crippen LogP contribution is 2.28. The van der Waals surface area contributed by atoms with Gasteiger partial charge in [-0.15, -0.1) is 0 Å². The zero-order chi connectivity index (χ0) is 14.7. The number of methoxy groups -OCH3 is 1. The Morgan fingerprint density at radius 3 is 2.95 bits per heavy atom. The molecule has 4 heteroatoms. The van der Waals surface area contributed by atoms with Gasteiger partial charge < -0.3 is 14.4 Å². The summed E-state index contributed by atoms with van der Waals surface area (Å²) in [6.45, 7) is 1.58. The highest BCUT2D eigenvalue weighted by molar-refractivity contribution is 5.81. The number of carbonyl (C=O) groups is 1. The predicted molar refractivity (Wildman–Crippen MR) is 80.4 cm³/mol. The zero-order valence-corrected chi connectivity index (χ0v) is 12.6. The molecule has 0 aliphatic carbocycles. The summed E-state index contributed by atoms with van der Waals surface area (Å²) in [5, 5.41) is 0. The van der Waals surface area contributed by atoms with E-state index >= 15 is 0 Å². The van der Waals surface area contributed by atoms with Gasteiger partial charge in [-0.25, -0.2) is 0 Å². The third-order valence-corrected chi connectivity index (χ3v) is 4.51. The summed E-state index contributed by atoms with van der Waals surface area (Å²) in [6, 6.07) is 8.35. The first-order valence-electron chi connectivity index (χ1n) is 7.83. The van der Waals surface area contributed by atoms with E-state index in [0.29, 0.717) is 0 Å². The van der Waals surface area contributed by atoms with E-state index in [4.69, 9.17) is 9.47 Å². The molecule has 0 aromatic heterocycles. The van der Waals surface area contributed by atoms with Crippen LogP contribution in [0.3, 0.4) is 0 Å². The van der Waals surface area contributed by atoms with Crippen molar-refractivity contribution in [3.8, 4) is 5.75 Å². The van der Waals surface area contributed by atoms with Crippen molar-refractivity contribution in [3.63, 3.8) is 0 Å². The number of ether oxygens (including phenoxy) is 2. The molecule has 1 aromatic carbocycles. The van der Waals surface area contributed by atoms with Gasteiger partial charge in [0.25, 0.3) is 5.91 Å². The minimum absolute atomic E-state index is 0.185. The van der Waals surface area contributed by atoms with Gasteiger partial charge in [0, 0.05) is 19.2 Å². The lowest BCUT2D eigenvalue weighted by atomic mass is 10.0. The Hall–Kier alpha value is -1.55. The van der Waals surface area contributed by atoms with E-state index < -0.39 is 0 Å². The second kappa shape index (κ2) is 6.48. The smallest absolute Gasteiger partial charge is 0.251 e. The zero-order valence-electron chi connectivity index (χ0n) is 12.6. The Balaban J connectivity index is 1.70. The Bertz CT molecular complexity index is 497. The standard InChI is InChI=1S/C17H23NO3/c1-20-15-8-3-2-6-13(15)12-14-7-4-10-18(14)17(19)16-9-5-11-21-16/h2-3,6,8,14,16H,4-5,7,9-12H2,1H3/t14-,16-/m0/s1. The number of amides is 1. The number of hydrogen-bond acceptors (Lipinski definition) is 3. The molecule has 114 valence electrons. The van der Waals surface area contributed by atoms with Gasteiger partial charge in [0.15, 0.2) is 0 Å². The molecule has 0 bridgehead atoms. The first-order chi connectivity index (χ1) is 10.3. The van der Waals surface area contributed by atoms with Crippen LogP contribution >= 0.6 is 0 Å². The van der Waals surface area contributed by atoms with Crippen molar-refractivity contribution < 1.29 is 14.3 Å². The first-order valence-corrected chi connectivity index (χ1v) is 7.83. The maximum absolute atomic E-state index is 12.6. The average Bonchev–Trinajstić information content (AvgIpc) is 3.18. The topological polar surface area (TPSA) is 38.8 Å². The number of likely N-dealkylation sites (tertiary alicyclic amines) is 1. The lowest BCUT2D eigenvalue weighted by Gasteiger charge is -2.27. The van der Waals surface area contributed by atoms with Crippen molar-refractivity contribution in [3.05, 3.63) is 29.8 Å². The van der Waals surface area contributed by atoms with Crippen molar-refractivity contribution >= 4 is 5.91 Å². The van der Waals surface area contributed by atoms with E-state index in [1.54, 1.807) is 7.11 Å². The van der Waals surface area contributed by atoms with Crippen LogP contribution in [0.25, 0.3) is 0 Å². The Labute approximate surface area is 126 Å². The van der Waals surface area contributed by atoms with Gasteiger partial charge in [-0.05, 0) is 43.7 Å². The third-order valence-electron chi connectivity index (χ3n) is 4.51. The molecule has 0 saturated carbocycles. The Morgan fingerprint density at radius 1 is 1.33 bits per heavy atom. The van der Waals surface area contributed by atoms with Crippen molar-refractivity contribution in [2.75, 3.05) is 20.3 Å². The molecule has 0 radical (unpaired) electrons. The Morgan fingerprint density at radius 2 is 2.19 bits per heavy atom. The third kappa shape index (κ3) is 3.05. The largest absolute Gasteiger partial charge is 0.496 e. The summed E-state index contributed by atoms with van der Waals surface area (Å²) >= 11 is 0. The van der Waals surface area contributed by atoms with Crippen LogP contribution in [0.1, 0.15) is 31.2 Å². The highest BCUT2D eigenvalue weighted by atomic mass is 16.5. The van der Waals surface area contributed by atoms with E-state index in [1.807, 2.05) is 23.1 Å². The minimum Gasteiger partial charge on any atom is -0.496 e. The highest BCUT2D eigenvalue weighted by Gasteiger charge is 2.35. The number of para-hydroxylation sites is 1. The van der Waals surface area contributed by atoms with E-state index in [1.165, 1.54) is 5.56 Å². The van der Waals surface area contributed by atoms with Gasteiger partial charge in [-0.3, -0.25) is 4.79 Å². The van der Waals surface area contributed by atoms with Gasteiger partial charge in [-0.1, -0.05) is 18.2 Å². The lowest BCUT2D eigenvalue weighted by molar-refractivity contribution is -0.141. The summed E-state index contributed by atoms with van der Waals surface area (Å²) in [6.07, 6.45) is 4.68. The van der Waals surface area contributed by atoms with Crippen LogP contribution in [0, 0.1) is 0 Å². The van der Waals surface area contributed by atoms with Gasteiger partial charge in [0.2, 0.25) is 0 Å². The van der Waals surface area contributed by atoms with Crippen LogP contribution in [-0.2, 0) is 16.0 Å². The molecule has 0 unspecified atom stereocenters. The summed E-state index contributed by atoms with van der Waals surface area (Å²) in [4.78, 5) is 14.6. The number of rotatable bonds is 4. The second-order valence-electron chi connectivity index (χ2n) is 5.85. The number of benzene rings is 1. The van der Waals surface area contributed by atoms with E-state index in [2.05, 4.69) is 6.07 Å². The number of nitrogens with zero attached hydrogens (tertiary/aromatic N) is 1. The SMILES string of the molecule is COc1ccccc1C[C@@H]1CCCN1C(=O)[C@@H]1CCCO1. The van der Waals surface area contributed by atoms with Gasteiger partial charge in [0.05, 0.1) is 7.11 Å². The normalized spacial score (nSPS) is 25.3. The molecule has 2 heterocycles. The summed E-state index contributed by atoms with van der Waals surface area (Å²) in [5.41, 5.74) is 1.18. The minimum atomic E-state index is -0.205. The van der Waals surface area contributed by atoms with E-state index in [9.17, 15) is 4.79 Å². The predicted octanol–water partition coefficient (Wildman–Crippen LogP) is 2.41. The molecule has 2 saturated heterocycles. The van der Waals surface area contributed by atoms with Crippen LogP contribution in [0.5, 0.6) is 5.75 Å². The van der Waals surface area contributed by atoms with Crippen LogP contribution in [0.15, 0.2) is 24.3 Å². The molecule has 0 N–H and O–H groups in total. The van der Waals surface area contributed by atoms with Gasteiger partial charge >= 0.3 is 0 Å². The van der Waals surface area contributed by atoms with E-state index in [-0.39, 0.29) is 18.1 Å². The maximum Gasteiger partial charge on any atom is 0.251 e. The molecule has 3 rings (SSSR count). The fourth-order valence-corrected chi connectivity index (χ4v) is 3.42. The molecule has 0 spiro atoms. The lowest BCUT2D eigenvalue weighted by Crippen LogP contribution is -2.42. The second-order valence-corrected chi connectivity index (χ2v) is 5.85.